The molecule has 2 aliphatic heterocycles. The van der Waals surface area contributed by atoms with E-state index in [1.165, 1.54) is 0 Å². The number of rotatable bonds is 5. The van der Waals surface area contributed by atoms with Gasteiger partial charge in [-0.05, 0) is 30.5 Å². The van der Waals surface area contributed by atoms with Crippen molar-refractivity contribution >= 4 is 21.6 Å². The summed E-state index contributed by atoms with van der Waals surface area (Å²) in [6, 6.07) is 4.80. The molecule has 0 N–H and O–H groups in total. The molecule has 1 fully saturated rings. The minimum Gasteiger partial charge on any atom is -0.486 e. The maximum atomic E-state index is 12.1. The topological polar surface area (TPSA) is 96.0 Å². The molecule has 0 aliphatic carbocycles. The van der Waals surface area contributed by atoms with Crippen molar-refractivity contribution in [3.05, 3.63) is 23.8 Å². The third-order valence-electron chi connectivity index (χ3n) is 4.01. The fourth-order valence-electron chi connectivity index (χ4n) is 2.77. The van der Waals surface area contributed by atoms with Gasteiger partial charge in [-0.25, -0.2) is 8.42 Å². The highest BCUT2D eigenvalue weighted by Crippen LogP contribution is 2.30. The number of ketones is 1. The number of Topliss-reactive ketones (excluding diaryl/α,β-unsaturated/α-hetero) is 1. The second kappa shape index (κ2) is 6.80. The number of fused-ring (bicyclic) bond motifs is 1. The highest BCUT2D eigenvalue weighted by atomic mass is 32.2. The third-order valence-corrected chi connectivity index (χ3v) is 5.85. The Bertz CT molecular complexity index is 754. The van der Waals surface area contributed by atoms with Crippen LogP contribution in [0.25, 0.3) is 0 Å². The van der Waals surface area contributed by atoms with E-state index in [9.17, 15) is 18.0 Å². The van der Waals surface area contributed by atoms with Gasteiger partial charge in [0.15, 0.2) is 33.7 Å². The molecule has 0 spiro atoms. The molecule has 2 aliphatic rings. The van der Waals surface area contributed by atoms with Gasteiger partial charge in [-0.1, -0.05) is 0 Å². The number of carbonyl (C=O) groups is 2. The van der Waals surface area contributed by atoms with Crippen LogP contribution in [0.3, 0.4) is 0 Å². The normalized spacial score (nSPS) is 21.2. The SMILES string of the molecule is O=C(C[C@@H]1CCS(=O)(=O)C1)OCC(=O)c1ccc2c(c1)OCCO2. The second-order valence-electron chi connectivity index (χ2n) is 5.92. The van der Waals surface area contributed by atoms with Gasteiger partial charge < -0.3 is 14.2 Å². The lowest BCUT2D eigenvalue weighted by Gasteiger charge is -2.18. The number of esters is 1. The molecule has 0 saturated carbocycles. The maximum absolute atomic E-state index is 12.1. The Hall–Kier alpha value is -2.09. The maximum Gasteiger partial charge on any atom is 0.306 e. The molecule has 2 heterocycles. The van der Waals surface area contributed by atoms with Crippen LogP contribution in [-0.4, -0.2) is 51.5 Å². The Balaban J connectivity index is 1.51. The summed E-state index contributed by atoms with van der Waals surface area (Å²) >= 11 is 0. The Morgan fingerprint density at radius 2 is 1.92 bits per heavy atom. The van der Waals surface area contributed by atoms with Gasteiger partial charge in [-0.2, -0.15) is 0 Å². The Morgan fingerprint density at radius 3 is 2.62 bits per heavy atom. The average Bonchev–Trinajstić information content (AvgIpc) is 2.90. The van der Waals surface area contributed by atoms with E-state index in [1.807, 2.05) is 0 Å². The van der Waals surface area contributed by atoms with Gasteiger partial charge in [0.2, 0.25) is 0 Å². The predicted octanol–water partition coefficient (Wildman–Crippen LogP) is 1.01. The number of carbonyl (C=O) groups excluding carboxylic acids is 2. The summed E-state index contributed by atoms with van der Waals surface area (Å²) in [5, 5.41) is 0. The molecule has 7 nitrogen and oxygen atoms in total. The van der Waals surface area contributed by atoms with Gasteiger partial charge in [0, 0.05) is 12.0 Å². The van der Waals surface area contributed by atoms with Gasteiger partial charge in [0.05, 0.1) is 11.5 Å². The van der Waals surface area contributed by atoms with Crippen molar-refractivity contribution in [3.63, 3.8) is 0 Å². The van der Waals surface area contributed by atoms with Crippen molar-refractivity contribution in [2.45, 2.75) is 12.8 Å². The summed E-state index contributed by atoms with van der Waals surface area (Å²) < 4.78 is 38.5. The predicted molar refractivity (Wildman–Crippen MR) is 84.1 cm³/mol. The van der Waals surface area contributed by atoms with Crippen molar-refractivity contribution in [1.29, 1.82) is 0 Å². The Kier molecular flexibility index (Phi) is 4.75. The molecular formula is C16H18O7S. The lowest BCUT2D eigenvalue weighted by atomic mass is 10.1. The quantitative estimate of drug-likeness (QED) is 0.575. The molecule has 1 saturated heterocycles. The molecule has 1 atom stereocenters. The van der Waals surface area contributed by atoms with E-state index in [0.29, 0.717) is 36.7 Å². The number of hydrogen-bond acceptors (Lipinski definition) is 7. The van der Waals surface area contributed by atoms with E-state index in [0.717, 1.165) is 0 Å². The van der Waals surface area contributed by atoms with Crippen LogP contribution in [0.2, 0.25) is 0 Å². The zero-order valence-corrected chi connectivity index (χ0v) is 13.8. The largest absolute Gasteiger partial charge is 0.486 e. The first kappa shape index (κ1) is 16.8. The smallest absolute Gasteiger partial charge is 0.306 e. The van der Waals surface area contributed by atoms with Crippen LogP contribution in [0.5, 0.6) is 11.5 Å². The first-order valence-electron chi connectivity index (χ1n) is 7.72. The highest BCUT2D eigenvalue weighted by molar-refractivity contribution is 7.91. The standard InChI is InChI=1S/C16H18O7S/c17-13(12-1-2-14-15(8-12)22-5-4-21-14)9-23-16(18)7-11-3-6-24(19,20)10-11/h1-2,8,11H,3-7,9-10H2/t11-/m0/s1. The fraction of sp³-hybridized carbons (Fsp3) is 0.500. The molecule has 3 rings (SSSR count). The monoisotopic (exact) mass is 354 g/mol. The van der Waals surface area contributed by atoms with Crippen LogP contribution in [-0.2, 0) is 19.4 Å². The Morgan fingerprint density at radius 1 is 1.17 bits per heavy atom. The van der Waals surface area contributed by atoms with Gasteiger partial charge in [0.1, 0.15) is 13.2 Å². The molecule has 130 valence electrons. The molecule has 0 unspecified atom stereocenters. The van der Waals surface area contributed by atoms with E-state index in [4.69, 9.17) is 14.2 Å². The zero-order chi connectivity index (χ0) is 17.2. The number of sulfone groups is 1. The molecule has 0 amide bonds. The lowest BCUT2D eigenvalue weighted by Crippen LogP contribution is -2.18. The summed E-state index contributed by atoms with van der Waals surface area (Å²) in [7, 11) is -3.02. The zero-order valence-electron chi connectivity index (χ0n) is 13.0. The van der Waals surface area contributed by atoms with Crippen LogP contribution in [0.4, 0.5) is 0 Å². The van der Waals surface area contributed by atoms with Crippen molar-refractivity contribution in [1.82, 2.24) is 0 Å². The van der Waals surface area contributed by atoms with Crippen LogP contribution in [0.15, 0.2) is 18.2 Å². The van der Waals surface area contributed by atoms with E-state index < -0.39 is 15.8 Å². The molecule has 1 aromatic rings. The summed E-state index contributed by atoms with van der Waals surface area (Å²) in [6.07, 6.45) is 0.487. The van der Waals surface area contributed by atoms with E-state index in [-0.39, 0.29) is 36.2 Å². The molecule has 24 heavy (non-hydrogen) atoms. The lowest BCUT2D eigenvalue weighted by molar-refractivity contribution is -0.143. The molecule has 1 aromatic carbocycles. The van der Waals surface area contributed by atoms with Crippen molar-refractivity contribution in [2.75, 3.05) is 31.3 Å². The van der Waals surface area contributed by atoms with Gasteiger partial charge >= 0.3 is 5.97 Å². The first-order valence-corrected chi connectivity index (χ1v) is 9.54. The molecule has 0 aromatic heterocycles. The van der Waals surface area contributed by atoms with Gasteiger partial charge in [-0.15, -0.1) is 0 Å². The van der Waals surface area contributed by atoms with Crippen LogP contribution in [0.1, 0.15) is 23.2 Å². The van der Waals surface area contributed by atoms with Crippen molar-refractivity contribution < 1.29 is 32.2 Å². The molecular weight excluding hydrogens is 336 g/mol. The van der Waals surface area contributed by atoms with E-state index >= 15 is 0 Å². The summed E-state index contributed by atoms with van der Waals surface area (Å²) in [4.78, 5) is 23.9. The Labute approximate surface area is 139 Å². The van der Waals surface area contributed by atoms with Crippen LogP contribution >= 0.6 is 0 Å². The van der Waals surface area contributed by atoms with Crippen LogP contribution in [0, 0.1) is 5.92 Å². The number of hydrogen-bond donors (Lipinski definition) is 0. The van der Waals surface area contributed by atoms with E-state index in [1.54, 1.807) is 18.2 Å². The molecule has 0 bridgehead atoms. The van der Waals surface area contributed by atoms with Crippen molar-refractivity contribution in [3.8, 4) is 11.5 Å². The minimum atomic E-state index is -3.02. The first-order chi connectivity index (χ1) is 11.4. The highest BCUT2D eigenvalue weighted by Gasteiger charge is 2.30. The van der Waals surface area contributed by atoms with Crippen molar-refractivity contribution in [2.24, 2.45) is 5.92 Å². The number of benzene rings is 1. The summed E-state index contributed by atoms with van der Waals surface area (Å²) in [5.41, 5.74) is 0.371. The van der Waals surface area contributed by atoms with Gasteiger partial charge in [0.25, 0.3) is 0 Å². The average molecular weight is 354 g/mol. The number of ether oxygens (including phenoxy) is 3. The van der Waals surface area contributed by atoms with Gasteiger partial charge in [-0.3, -0.25) is 9.59 Å². The molecule has 8 heteroatoms. The second-order valence-corrected chi connectivity index (χ2v) is 8.14. The summed E-state index contributed by atoms with van der Waals surface area (Å²) in [6.45, 7) is 0.511. The summed E-state index contributed by atoms with van der Waals surface area (Å²) in [5.74, 6) is 0.0836. The molecule has 0 radical (unpaired) electrons. The third kappa shape index (κ3) is 4.05. The fourth-order valence-corrected chi connectivity index (χ4v) is 4.64. The minimum absolute atomic E-state index is 0.0121. The van der Waals surface area contributed by atoms with E-state index in [2.05, 4.69) is 0 Å². The van der Waals surface area contributed by atoms with Crippen LogP contribution < -0.4 is 9.47 Å².